The van der Waals surface area contributed by atoms with Crippen molar-refractivity contribution in [1.29, 1.82) is 0 Å². The van der Waals surface area contributed by atoms with Gasteiger partial charge < -0.3 is 4.74 Å². The second-order valence-electron chi connectivity index (χ2n) is 6.43. The third kappa shape index (κ3) is 4.03. The van der Waals surface area contributed by atoms with Crippen molar-refractivity contribution in [2.45, 2.75) is 13.3 Å². The molecule has 0 unspecified atom stereocenters. The molecule has 9 heteroatoms. The minimum atomic E-state index is -0.743. The monoisotopic (exact) mass is 459 g/mol. The van der Waals surface area contributed by atoms with Gasteiger partial charge >= 0.3 is 0 Å². The summed E-state index contributed by atoms with van der Waals surface area (Å²) >= 11 is 12.4. The molecule has 152 valence electrons. The molecule has 1 aromatic heterocycles. The van der Waals surface area contributed by atoms with Gasteiger partial charge in [0.1, 0.15) is 10.1 Å². The number of carbonyl (C=O) groups excluding carboxylic acids is 1. The number of benzene rings is 2. The number of hydrogen-bond donors (Lipinski definition) is 0. The molecule has 0 radical (unpaired) electrons. The highest BCUT2D eigenvalue weighted by molar-refractivity contribution is 8.26. The fourth-order valence-electron chi connectivity index (χ4n) is 3.07. The average molecular weight is 460 g/mol. The van der Waals surface area contributed by atoms with E-state index in [0.29, 0.717) is 27.1 Å². The predicted octanol–water partition coefficient (Wildman–Crippen LogP) is 5.83. The maximum atomic E-state index is 14.1. The first-order chi connectivity index (χ1) is 14.5. The molecule has 0 saturated carbocycles. The number of halogens is 2. The number of hydrogen-bond acceptors (Lipinski definition) is 6. The van der Waals surface area contributed by atoms with E-state index in [9.17, 15) is 9.18 Å². The molecule has 0 bridgehead atoms. The zero-order valence-corrected chi connectivity index (χ0v) is 18.2. The van der Waals surface area contributed by atoms with Gasteiger partial charge in [-0.15, -0.1) is 0 Å². The molecule has 30 heavy (non-hydrogen) atoms. The van der Waals surface area contributed by atoms with E-state index in [1.54, 1.807) is 17.0 Å². The smallest absolute Gasteiger partial charge is 0.266 e. The summed E-state index contributed by atoms with van der Waals surface area (Å²) in [6.45, 7) is 2.55. The van der Waals surface area contributed by atoms with Crippen LogP contribution in [-0.4, -0.2) is 31.6 Å². The molecule has 1 aliphatic rings. The lowest BCUT2D eigenvalue weighted by atomic mass is 10.0. The normalized spacial score (nSPS) is 15.4. The summed E-state index contributed by atoms with van der Waals surface area (Å²) in [5.74, 6) is -0.851. The first kappa shape index (κ1) is 20.7. The molecule has 2 heterocycles. The molecule has 5 nitrogen and oxygen atoms in total. The third-order valence-electron chi connectivity index (χ3n) is 4.42. The molecule has 0 spiro atoms. The number of rotatable bonds is 5. The van der Waals surface area contributed by atoms with Gasteiger partial charge in [-0.1, -0.05) is 61.2 Å². The van der Waals surface area contributed by atoms with Gasteiger partial charge in [0.15, 0.2) is 0 Å². The van der Waals surface area contributed by atoms with Gasteiger partial charge in [0.05, 0.1) is 11.1 Å². The quantitative estimate of drug-likeness (QED) is 0.272. The van der Waals surface area contributed by atoms with Crippen LogP contribution in [0.15, 0.2) is 47.5 Å². The van der Waals surface area contributed by atoms with Crippen LogP contribution in [0.1, 0.15) is 18.9 Å². The molecule has 0 aliphatic carbocycles. The molecule has 0 N–H and O–H groups in total. The van der Waals surface area contributed by atoms with Gasteiger partial charge in [-0.05, 0) is 40.9 Å². The van der Waals surface area contributed by atoms with Crippen molar-refractivity contribution in [1.82, 2.24) is 14.9 Å². The highest BCUT2D eigenvalue weighted by atomic mass is 35.5. The highest BCUT2D eigenvalue weighted by Crippen LogP contribution is 2.38. The van der Waals surface area contributed by atoms with Crippen LogP contribution in [0.2, 0.25) is 5.28 Å². The van der Waals surface area contributed by atoms with Crippen molar-refractivity contribution in [3.63, 3.8) is 0 Å². The van der Waals surface area contributed by atoms with Crippen molar-refractivity contribution < 1.29 is 13.9 Å². The number of thioether (sulfide) groups is 1. The van der Waals surface area contributed by atoms with E-state index in [1.807, 2.05) is 37.3 Å². The van der Waals surface area contributed by atoms with Crippen LogP contribution in [0.3, 0.4) is 0 Å². The lowest BCUT2D eigenvalue weighted by Crippen LogP contribution is -2.28. The van der Waals surface area contributed by atoms with Crippen molar-refractivity contribution >= 4 is 62.7 Å². The van der Waals surface area contributed by atoms with Crippen molar-refractivity contribution in [2.24, 2.45) is 0 Å². The minimum absolute atomic E-state index is 0.130. The molecule has 1 amide bonds. The summed E-state index contributed by atoms with van der Waals surface area (Å²) in [5.41, 5.74) is 0.624. The minimum Gasteiger partial charge on any atom is -0.436 e. The van der Waals surface area contributed by atoms with Gasteiger partial charge in [-0.2, -0.15) is 9.37 Å². The van der Waals surface area contributed by atoms with Crippen LogP contribution in [0.25, 0.3) is 16.8 Å². The number of amides is 1. The summed E-state index contributed by atoms with van der Waals surface area (Å²) in [7, 11) is 0. The van der Waals surface area contributed by atoms with Crippen LogP contribution in [0.4, 0.5) is 4.39 Å². The van der Waals surface area contributed by atoms with Gasteiger partial charge in [0.25, 0.3) is 11.8 Å². The second kappa shape index (κ2) is 8.67. The fraction of sp³-hybridized carbons (Fsp3) is 0.143. The van der Waals surface area contributed by atoms with Crippen LogP contribution >= 0.6 is 35.6 Å². The van der Waals surface area contributed by atoms with Gasteiger partial charge in [-0.3, -0.25) is 9.69 Å². The summed E-state index contributed by atoms with van der Waals surface area (Å²) < 4.78 is 20.4. The number of fused-ring (bicyclic) bond motifs is 1. The van der Waals surface area contributed by atoms with E-state index in [4.69, 9.17) is 28.6 Å². The zero-order valence-electron chi connectivity index (χ0n) is 15.8. The Bertz CT molecular complexity index is 1200. The summed E-state index contributed by atoms with van der Waals surface area (Å²) in [6, 6.07) is 11.2. The third-order valence-corrected chi connectivity index (χ3v) is 5.98. The van der Waals surface area contributed by atoms with Crippen LogP contribution in [0.5, 0.6) is 11.6 Å². The van der Waals surface area contributed by atoms with Gasteiger partial charge in [0.2, 0.25) is 11.1 Å². The summed E-state index contributed by atoms with van der Waals surface area (Å²) in [4.78, 5) is 22.3. The van der Waals surface area contributed by atoms with E-state index in [2.05, 4.69) is 9.97 Å². The molecule has 2 aromatic carbocycles. The second-order valence-corrected chi connectivity index (χ2v) is 8.44. The van der Waals surface area contributed by atoms with Crippen molar-refractivity contribution in [3.05, 3.63) is 64.2 Å². The number of ether oxygens (including phenoxy) is 1. The molecule has 1 aliphatic heterocycles. The Morgan fingerprint density at radius 3 is 2.90 bits per heavy atom. The average Bonchev–Trinajstić information content (AvgIpc) is 3.00. The Balaban J connectivity index is 1.83. The van der Waals surface area contributed by atoms with Crippen LogP contribution in [0, 0.1) is 5.82 Å². The van der Waals surface area contributed by atoms with E-state index in [0.717, 1.165) is 23.4 Å². The van der Waals surface area contributed by atoms with E-state index >= 15 is 0 Å². The molecule has 3 aromatic rings. The molecular weight excluding hydrogens is 445 g/mol. The molecule has 4 rings (SSSR count). The number of carbonyl (C=O) groups is 1. The Morgan fingerprint density at radius 2 is 2.10 bits per heavy atom. The Morgan fingerprint density at radius 1 is 1.30 bits per heavy atom. The number of aromatic nitrogens is 2. The maximum Gasteiger partial charge on any atom is 0.266 e. The SMILES string of the molecule is CCCN1C(=O)/C(=C/c2c(Oc3nc(Cl)ncc3F)ccc3ccccc23)SC1=S. The summed E-state index contributed by atoms with van der Waals surface area (Å²) in [5, 5.41) is 1.66. The largest absolute Gasteiger partial charge is 0.436 e. The Labute approximate surface area is 186 Å². The lowest BCUT2D eigenvalue weighted by Gasteiger charge is -2.13. The number of thiocarbonyl (C=S) groups is 1. The van der Waals surface area contributed by atoms with Crippen LogP contribution in [-0.2, 0) is 4.79 Å². The molecule has 1 saturated heterocycles. The van der Waals surface area contributed by atoms with Crippen molar-refractivity contribution in [2.75, 3.05) is 6.54 Å². The topological polar surface area (TPSA) is 55.3 Å². The van der Waals surface area contributed by atoms with E-state index in [-0.39, 0.29) is 17.1 Å². The molecule has 0 atom stereocenters. The first-order valence-electron chi connectivity index (χ1n) is 9.11. The van der Waals surface area contributed by atoms with Gasteiger partial charge in [0, 0.05) is 12.1 Å². The van der Waals surface area contributed by atoms with E-state index in [1.165, 1.54) is 11.8 Å². The highest BCUT2D eigenvalue weighted by Gasteiger charge is 2.31. The molecular formula is C21H15ClFN3O2S2. The standard InChI is InChI=1S/C21H15ClFN3O2S2/c1-2-9-26-19(27)17(30-21(26)29)10-14-13-6-4-3-5-12(13)7-8-16(14)28-18-15(23)11-24-20(22)25-18/h3-8,10-11H,2,9H2,1H3/b17-10-. The first-order valence-corrected chi connectivity index (χ1v) is 10.7. The maximum absolute atomic E-state index is 14.1. The van der Waals surface area contributed by atoms with Crippen molar-refractivity contribution in [3.8, 4) is 11.6 Å². The number of nitrogens with zero attached hydrogens (tertiary/aromatic N) is 3. The Hall–Kier alpha value is -2.55. The zero-order chi connectivity index (χ0) is 21.3. The molecule has 1 fully saturated rings. The van der Waals surface area contributed by atoms with E-state index < -0.39 is 5.82 Å². The van der Waals surface area contributed by atoms with Crippen LogP contribution < -0.4 is 4.74 Å². The van der Waals surface area contributed by atoms with Gasteiger partial charge in [-0.25, -0.2) is 4.98 Å². The predicted molar refractivity (Wildman–Crippen MR) is 121 cm³/mol. The summed E-state index contributed by atoms with van der Waals surface area (Å²) in [6.07, 6.45) is 3.48. The Kier molecular flexibility index (Phi) is 5.99. The fourth-order valence-corrected chi connectivity index (χ4v) is 4.48. The lowest BCUT2D eigenvalue weighted by molar-refractivity contribution is -0.122.